The Morgan fingerprint density at radius 1 is 1.41 bits per heavy atom. The van der Waals surface area contributed by atoms with Crippen LogP contribution in [0.3, 0.4) is 0 Å². The summed E-state index contributed by atoms with van der Waals surface area (Å²) in [6, 6.07) is 6.26. The van der Waals surface area contributed by atoms with E-state index in [9.17, 15) is 9.50 Å². The lowest BCUT2D eigenvalue weighted by molar-refractivity contribution is 0.0536. The van der Waals surface area contributed by atoms with Crippen LogP contribution in [0, 0.1) is 11.7 Å². The highest BCUT2D eigenvalue weighted by Gasteiger charge is 2.25. The molecule has 0 radical (unpaired) electrons. The topological polar surface area (TPSA) is 66.3 Å². The van der Waals surface area contributed by atoms with Crippen LogP contribution >= 0.6 is 24.0 Å². The molecule has 1 fully saturated rings. The third-order valence-electron chi connectivity index (χ3n) is 4.38. The predicted molar refractivity (Wildman–Crippen MR) is 115 cm³/mol. The van der Waals surface area contributed by atoms with Gasteiger partial charge in [0.25, 0.3) is 0 Å². The molecule has 2 N–H and O–H groups in total. The Morgan fingerprint density at radius 2 is 2.19 bits per heavy atom. The Balaban J connectivity index is 0.00000364. The van der Waals surface area contributed by atoms with Crippen molar-refractivity contribution in [2.75, 3.05) is 53.1 Å². The van der Waals surface area contributed by atoms with Crippen molar-refractivity contribution in [1.82, 2.24) is 10.2 Å². The Bertz CT molecular complexity index is 577. The number of likely N-dealkylation sites (tertiary alicyclic amines) is 1. The van der Waals surface area contributed by atoms with Crippen LogP contribution in [0.2, 0.25) is 0 Å². The number of rotatable bonds is 9. The molecule has 2 atom stereocenters. The smallest absolute Gasteiger partial charge is 0.194 e. The van der Waals surface area contributed by atoms with Crippen molar-refractivity contribution >= 4 is 29.9 Å². The molecule has 1 aliphatic rings. The van der Waals surface area contributed by atoms with Crippen molar-refractivity contribution in [3.05, 3.63) is 35.6 Å². The molecule has 8 heteroatoms. The van der Waals surface area contributed by atoms with Gasteiger partial charge in [0.05, 0.1) is 26.4 Å². The van der Waals surface area contributed by atoms with Gasteiger partial charge in [-0.15, -0.1) is 24.0 Å². The van der Waals surface area contributed by atoms with Gasteiger partial charge in [0.15, 0.2) is 5.96 Å². The van der Waals surface area contributed by atoms with Crippen LogP contribution in [-0.4, -0.2) is 69.1 Å². The zero-order valence-corrected chi connectivity index (χ0v) is 18.4. The number of hydrogen-bond donors (Lipinski definition) is 2. The predicted octanol–water partition coefficient (Wildman–Crippen LogP) is 2.43. The lowest BCUT2D eigenvalue weighted by atomic mass is 10.1. The van der Waals surface area contributed by atoms with E-state index < -0.39 is 11.9 Å². The standard InChI is InChI=1S/C19H30FN3O3.HI/c1-3-21-19(22-12-18(24)16-6-4-5-7-17(16)20)23-9-8-15(13-23)14-26-11-10-25-2;/h4-7,15,18,24H,3,8-14H2,1-2H3,(H,21,22);1H. The summed E-state index contributed by atoms with van der Waals surface area (Å²) in [5.74, 6) is 0.795. The Hall–Kier alpha value is -0.970. The van der Waals surface area contributed by atoms with Crippen molar-refractivity contribution in [3.63, 3.8) is 0 Å². The average Bonchev–Trinajstić information content (AvgIpc) is 3.11. The summed E-state index contributed by atoms with van der Waals surface area (Å²) < 4.78 is 24.4. The molecular formula is C19H31FIN3O3. The minimum Gasteiger partial charge on any atom is -0.386 e. The molecular weight excluding hydrogens is 464 g/mol. The second kappa shape index (κ2) is 13.2. The van der Waals surface area contributed by atoms with Crippen molar-refractivity contribution in [3.8, 4) is 0 Å². The quantitative estimate of drug-likeness (QED) is 0.239. The molecule has 1 saturated heterocycles. The molecule has 2 unspecified atom stereocenters. The van der Waals surface area contributed by atoms with Crippen LogP contribution in [0.5, 0.6) is 0 Å². The van der Waals surface area contributed by atoms with Crippen molar-refractivity contribution in [2.24, 2.45) is 10.9 Å². The van der Waals surface area contributed by atoms with Crippen LogP contribution in [0.1, 0.15) is 25.0 Å². The highest BCUT2D eigenvalue weighted by molar-refractivity contribution is 14.0. The largest absolute Gasteiger partial charge is 0.386 e. The summed E-state index contributed by atoms with van der Waals surface area (Å²) in [5, 5.41) is 13.5. The summed E-state index contributed by atoms with van der Waals surface area (Å²) in [4.78, 5) is 6.68. The van der Waals surface area contributed by atoms with Crippen LogP contribution in [0.25, 0.3) is 0 Å². The second-order valence-electron chi connectivity index (χ2n) is 6.40. The van der Waals surface area contributed by atoms with Crippen LogP contribution in [-0.2, 0) is 9.47 Å². The second-order valence-corrected chi connectivity index (χ2v) is 6.40. The van der Waals surface area contributed by atoms with E-state index in [-0.39, 0.29) is 36.1 Å². The van der Waals surface area contributed by atoms with Gasteiger partial charge in [-0.2, -0.15) is 0 Å². The van der Waals surface area contributed by atoms with Gasteiger partial charge >= 0.3 is 0 Å². The summed E-state index contributed by atoms with van der Waals surface area (Å²) >= 11 is 0. The molecule has 1 aliphatic heterocycles. The number of methoxy groups -OCH3 is 1. The van der Waals surface area contributed by atoms with Gasteiger partial charge in [-0.25, -0.2) is 4.39 Å². The fraction of sp³-hybridized carbons (Fsp3) is 0.632. The van der Waals surface area contributed by atoms with Crippen molar-refractivity contribution < 1.29 is 19.0 Å². The number of aliphatic imine (C=N–C) groups is 1. The summed E-state index contributed by atoms with van der Waals surface area (Å²) in [5.41, 5.74) is 0.276. The molecule has 0 saturated carbocycles. The number of aliphatic hydroxyl groups is 1. The van der Waals surface area contributed by atoms with E-state index >= 15 is 0 Å². The van der Waals surface area contributed by atoms with Crippen LogP contribution in [0.4, 0.5) is 4.39 Å². The zero-order chi connectivity index (χ0) is 18.8. The number of guanidine groups is 1. The third kappa shape index (κ3) is 7.89. The fourth-order valence-corrected chi connectivity index (χ4v) is 3.00. The monoisotopic (exact) mass is 495 g/mol. The summed E-state index contributed by atoms with van der Waals surface area (Å²) in [6.45, 7) is 6.52. The Labute approximate surface area is 178 Å². The van der Waals surface area contributed by atoms with Crippen LogP contribution < -0.4 is 5.32 Å². The van der Waals surface area contributed by atoms with Gasteiger partial charge in [-0.05, 0) is 19.4 Å². The van der Waals surface area contributed by atoms with E-state index in [1.54, 1.807) is 25.3 Å². The average molecular weight is 495 g/mol. The first-order valence-electron chi connectivity index (χ1n) is 9.18. The molecule has 0 aliphatic carbocycles. The first-order chi connectivity index (χ1) is 12.7. The lowest BCUT2D eigenvalue weighted by Crippen LogP contribution is -2.40. The lowest BCUT2D eigenvalue weighted by Gasteiger charge is -2.22. The normalized spacial score (nSPS) is 18.3. The number of hydrogen-bond acceptors (Lipinski definition) is 4. The molecule has 1 heterocycles. The van der Waals surface area contributed by atoms with Gasteiger partial charge < -0.3 is 24.8 Å². The van der Waals surface area contributed by atoms with Crippen LogP contribution in [0.15, 0.2) is 29.3 Å². The molecule has 0 bridgehead atoms. The van der Waals surface area contributed by atoms with Gasteiger partial charge in [0, 0.05) is 38.2 Å². The van der Waals surface area contributed by atoms with Gasteiger partial charge in [0.2, 0.25) is 0 Å². The minimum absolute atomic E-state index is 0. The number of nitrogens with one attached hydrogen (secondary N) is 1. The molecule has 1 aromatic rings. The first-order valence-corrected chi connectivity index (χ1v) is 9.18. The number of aliphatic hydroxyl groups excluding tert-OH is 1. The summed E-state index contributed by atoms with van der Waals surface area (Å²) in [7, 11) is 1.66. The number of ether oxygens (including phenoxy) is 2. The molecule has 2 rings (SSSR count). The molecule has 0 aromatic heterocycles. The van der Waals surface area contributed by atoms with E-state index in [0.717, 1.165) is 32.0 Å². The molecule has 1 aromatic carbocycles. The van der Waals surface area contributed by atoms with E-state index in [1.807, 2.05) is 6.92 Å². The molecule has 6 nitrogen and oxygen atoms in total. The first kappa shape index (κ1) is 24.1. The van der Waals surface area contributed by atoms with Gasteiger partial charge in [-0.1, -0.05) is 18.2 Å². The molecule has 27 heavy (non-hydrogen) atoms. The third-order valence-corrected chi connectivity index (χ3v) is 4.38. The molecule has 154 valence electrons. The Kier molecular flexibility index (Phi) is 11.8. The minimum atomic E-state index is -0.958. The van der Waals surface area contributed by atoms with Crippen molar-refractivity contribution in [2.45, 2.75) is 19.4 Å². The molecule has 0 amide bonds. The van der Waals surface area contributed by atoms with E-state index in [1.165, 1.54) is 6.07 Å². The number of benzene rings is 1. The summed E-state index contributed by atoms with van der Waals surface area (Å²) in [6.07, 6.45) is 0.0772. The van der Waals surface area contributed by atoms with E-state index in [2.05, 4.69) is 15.2 Å². The number of halogens is 2. The van der Waals surface area contributed by atoms with E-state index in [0.29, 0.717) is 25.7 Å². The van der Waals surface area contributed by atoms with Crippen molar-refractivity contribution in [1.29, 1.82) is 0 Å². The zero-order valence-electron chi connectivity index (χ0n) is 16.1. The fourth-order valence-electron chi connectivity index (χ4n) is 3.00. The highest BCUT2D eigenvalue weighted by atomic mass is 127. The maximum atomic E-state index is 13.8. The maximum Gasteiger partial charge on any atom is 0.194 e. The van der Waals surface area contributed by atoms with Gasteiger partial charge in [-0.3, -0.25) is 4.99 Å². The number of nitrogens with zero attached hydrogens (tertiary/aromatic N) is 2. The Morgan fingerprint density at radius 3 is 2.89 bits per heavy atom. The van der Waals surface area contributed by atoms with E-state index in [4.69, 9.17) is 9.47 Å². The van der Waals surface area contributed by atoms with Gasteiger partial charge in [0.1, 0.15) is 11.9 Å². The SMILES string of the molecule is CCNC(=NCC(O)c1ccccc1F)N1CCC(COCCOC)C1.I. The highest BCUT2D eigenvalue weighted by Crippen LogP contribution is 2.19. The maximum absolute atomic E-state index is 13.8. The molecule has 0 spiro atoms.